The summed E-state index contributed by atoms with van der Waals surface area (Å²) in [6, 6.07) is 0.471. The van der Waals surface area contributed by atoms with Gasteiger partial charge in [-0.1, -0.05) is 77.6 Å². The predicted octanol–water partition coefficient (Wildman–Crippen LogP) is 5.36. The van der Waals surface area contributed by atoms with E-state index in [9.17, 15) is 4.79 Å². The molecule has 2 nitrogen and oxygen atoms in total. The summed E-state index contributed by atoms with van der Waals surface area (Å²) < 4.78 is 0. The number of carbonyl (C=O) groups excluding carboxylic acids is 1. The molecule has 118 valence electrons. The molecule has 1 aliphatic heterocycles. The Morgan fingerprint density at radius 2 is 1.50 bits per heavy atom. The van der Waals surface area contributed by atoms with E-state index in [0.717, 1.165) is 12.8 Å². The van der Waals surface area contributed by atoms with Crippen molar-refractivity contribution in [3.63, 3.8) is 0 Å². The first-order chi connectivity index (χ1) is 9.83. The summed E-state index contributed by atoms with van der Waals surface area (Å²) in [6.07, 6.45) is 19.3. The molecule has 1 aliphatic rings. The molecular weight excluding hydrogens is 246 g/mol. The number of rotatable bonds is 11. The van der Waals surface area contributed by atoms with Gasteiger partial charge in [0.05, 0.1) is 0 Å². The minimum atomic E-state index is 0.277. The van der Waals surface area contributed by atoms with Crippen molar-refractivity contribution in [2.45, 2.75) is 109 Å². The van der Waals surface area contributed by atoms with Crippen LogP contribution in [0.1, 0.15) is 103 Å². The van der Waals surface area contributed by atoms with Crippen LogP contribution in [0, 0.1) is 0 Å². The number of carbonyl (C=O) groups is 1. The highest BCUT2D eigenvalue weighted by molar-refractivity contribution is 5.76. The van der Waals surface area contributed by atoms with Gasteiger partial charge in [-0.3, -0.25) is 4.79 Å². The lowest BCUT2D eigenvalue weighted by atomic mass is 10.0. The summed E-state index contributed by atoms with van der Waals surface area (Å²) >= 11 is 0. The van der Waals surface area contributed by atoms with Gasteiger partial charge in [0.25, 0.3) is 0 Å². The second-order valence-electron chi connectivity index (χ2n) is 6.48. The fourth-order valence-corrected chi connectivity index (χ4v) is 3.14. The summed E-state index contributed by atoms with van der Waals surface area (Å²) in [5.41, 5.74) is 0. The fraction of sp³-hybridized carbons (Fsp3) is 0.944. The van der Waals surface area contributed by atoms with Crippen molar-refractivity contribution in [1.82, 2.24) is 5.32 Å². The summed E-state index contributed by atoms with van der Waals surface area (Å²) in [5.74, 6) is 0.277. The van der Waals surface area contributed by atoms with Crippen LogP contribution in [0.3, 0.4) is 0 Å². The standard InChI is InChI=1S/C18H35NO/c1-2-3-4-5-6-7-8-9-10-11-14-17-15-12-13-16-18(20)19-17/h17H,2-16H2,1H3,(H,19,20). The molecule has 1 fully saturated rings. The topological polar surface area (TPSA) is 29.1 Å². The van der Waals surface area contributed by atoms with E-state index >= 15 is 0 Å². The molecule has 1 unspecified atom stereocenters. The molecule has 0 spiro atoms. The molecule has 0 aromatic heterocycles. The summed E-state index contributed by atoms with van der Waals surface area (Å²) in [5, 5.41) is 3.17. The normalized spacial score (nSPS) is 19.6. The Hall–Kier alpha value is -0.530. The van der Waals surface area contributed by atoms with E-state index in [-0.39, 0.29) is 5.91 Å². The Balaban J connectivity index is 1.85. The highest BCUT2D eigenvalue weighted by Gasteiger charge is 2.15. The van der Waals surface area contributed by atoms with E-state index < -0.39 is 0 Å². The Bertz CT molecular complexity index is 240. The SMILES string of the molecule is CCCCCCCCCCCCC1CCCCC(=O)N1. The summed E-state index contributed by atoms with van der Waals surface area (Å²) in [6.45, 7) is 2.27. The van der Waals surface area contributed by atoms with Gasteiger partial charge in [0, 0.05) is 12.5 Å². The van der Waals surface area contributed by atoms with Gasteiger partial charge in [-0.15, -0.1) is 0 Å². The van der Waals surface area contributed by atoms with E-state index in [0.29, 0.717) is 6.04 Å². The predicted molar refractivity (Wildman–Crippen MR) is 86.9 cm³/mol. The summed E-state index contributed by atoms with van der Waals surface area (Å²) in [4.78, 5) is 11.5. The van der Waals surface area contributed by atoms with Gasteiger partial charge in [0.15, 0.2) is 0 Å². The monoisotopic (exact) mass is 281 g/mol. The Labute approximate surface area is 126 Å². The Kier molecular flexibility index (Phi) is 10.7. The van der Waals surface area contributed by atoms with Crippen molar-refractivity contribution in [2.24, 2.45) is 0 Å². The molecule has 0 radical (unpaired) electrons. The lowest BCUT2D eigenvalue weighted by Gasteiger charge is -2.15. The molecule has 0 aliphatic carbocycles. The molecule has 0 aromatic rings. The second-order valence-corrected chi connectivity index (χ2v) is 6.48. The zero-order chi connectivity index (χ0) is 14.5. The third-order valence-electron chi connectivity index (χ3n) is 4.48. The fourth-order valence-electron chi connectivity index (χ4n) is 3.14. The highest BCUT2D eigenvalue weighted by Crippen LogP contribution is 2.16. The molecule has 0 aromatic carbocycles. The first-order valence-corrected chi connectivity index (χ1v) is 9.12. The maximum absolute atomic E-state index is 11.5. The molecule has 0 bridgehead atoms. The van der Waals surface area contributed by atoms with E-state index in [1.54, 1.807) is 0 Å². The van der Waals surface area contributed by atoms with Crippen LogP contribution in [0.5, 0.6) is 0 Å². The maximum atomic E-state index is 11.5. The van der Waals surface area contributed by atoms with Gasteiger partial charge in [-0.05, 0) is 19.3 Å². The lowest BCUT2D eigenvalue weighted by Crippen LogP contribution is -2.32. The zero-order valence-corrected chi connectivity index (χ0v) is 13.6. The molecule has 1 rings (SSSR count). The Morgan fingerprint density at radius 1 is 0.900 bits per heavy atom. The average molecular weight is 281 g/mol. The molecule has 0 saturated carbocycles. The minimum absolute atomic E-state index is 0.277. The molecule has 2 heteroatoms. The third-order valence-corrected chi connectivity index (χ3v) is 4.48. The van der Waals surface area contributed by atoms with Crippen LogP contribution in [-0.4, -0.2) is 11.9 Å². The zero-order valence-electron chi connectivity index (χ0n) is 13.6. The van der Waals surface area contributed by atoms with Crippen molar-refractivity contribution >= 4 is 5.91 Å². The number of hydrogen-bond acceptors (Lipinski definition) is 1. The third kappa shape index (κ3) is 9.39. The van der Waals surface area contributed by atoms with E-state index in [2.05, 4.69) is 12.2 Å². The first-order valence-electron chi connectivity index (χ1n) is 9.12. The van der Waals surface area contributed by atoms with Crippen molar-refractivity contribution in [1.29, 1.82) is 0 Å². The second kappa shape index (κ2) is 12.2. The van der Waals surface area contributed by atoms with E-state index in [4.69, 9.17) is 0 Å². The first kappa shape index (κ1) is 17.5. The molecular formula is C18H35NO. The highest BCUT2D eigenvalue weighted by atomic mass is 16.1. The summed E-state index contributed by atoms with van der Waals surface area (Å²) in [7, 11) is 0. The van der Waals surface area contributed by atoms with Gasteiger partial charge in [-0.25, -0.2) is 0 Å². The largest absolute Gasteiger partial charge is 0.353 e. The number of nitrogens with one attached hydrogen (secondary N) is 1. The molecule has 1 saturated heterocycles. The lowest BCUT2D eigenvalue weighted by molar-refractivity contribution is -0.121. The van der Waals surface area contributed by atoms with Crippen molar-refractivity contribution in [3.8, 4) is 0 Å². The molecule has 1 amide bonds. The van der Waals surface area contributed by atoms with E-state index in [1.165, 1.54) is 83.5 Å². The maximum Gasteiger partial charge on any atom is 0.220 e. The van der Waals surface area contributed by atoms with Crippen LogP contribution in [0.4, 0.5) is 0 Å². The van der Waals surface area contributed by atoms with Crippen molar-refractivity contribution < 1.29 is 4.79 Å². The molecule has 1 atom stereocenters. The van der Waals surface area contributed by atoms with Gasteiger partial charge >= 0.3 is 0 Å². The average Bonchev–Trinajstić information content (AvgIpc) is 2.65. The number of hydrogen-bond donors (Lipinski definition) is 1. The molecule has 1 N–H and O–H groups in total. The smallest absolute Gasteiger partial charge is 0.220 e. The minimum Gasteiger partial charge on any atom is -0.353 e. The van der Waals surface area contributed by atoms with Crippen LogP contribution in [0.25, 0.3) is 0 Å². The van der Waals surface area contributed by atoms with E-state index in [1.807, 2.05) is 0 Å². The van der Waals surface area contributed by atoms with Crippen LogP contribution in [0.15, 0.2) is 0 Å². The van der Waals surface area contributed by atoms with Crippen molar-refractivity contribution in [3.05, 3.63) is 0 Å². The van der Waals surface area contributed by atoms with Gasteiger partial charge in [0.1, 0.15) is 0 Å². The number of unbranched alkanes of at least 4 members (excludes halogenated alkanes) is 9. The van der Waals surface area contributed by atoms with Crippen molar-refractivity contribution in [2.75, 3.05) is 0 Å². The van der Waals surface area contributed by atoms with Crippen LogP contribution in [-0.2, 0) is 4.79 Å². The van der Waals surface area contributed by atoms with Crippen LogP contribution in [0.2, 0.25) is 0 Å². The molecule has 20 heavy (non-hydrogen) atoms. The number of amides is 1. The quantitative estimate of drug-likeness (QED) is 0.508. The van der Waals surface area contributed by atoms with Crippen LogP contribution < -0.4 is 5.32 Å². The Morgan fingerprint density at radius 3 is 2.15 bits per heavy atom. The van der Waals surface area contributed by atoms with Gasteiger partial charge < -0.3 is 5.32 Å². The van der Waals surface area contributed by atoms with Crippen LogP contribution >= 0.6 is 0 Å². The van der Waals surface area contributed by atoms with Gasteiger partial charge in [-0.2, -0.15) is 0 Å². The van der Waals surface area contributed by atoms with Gasteiger partial charge in [0.2, 0.25) is 5.91 Å². The molecule has 1 heterocycles.